The number of piperazine rings is 1. The summed E-state index contributed by atoms with van der Waals surface area (Å²) in [4.78, 5) is 2.54. The predicted octanol–water partition coefficient (Wildman–Crippen LogP) is 5.02. The monoisotopic (exact) mass is 436 g/mol. The molecule has 0 aliphatic carbocycles. The SMILES string of the molecule is Brc1ccccc1C(c1ccccc1OCc1ccccc1)N1CCNCC1. The number of halogens is 1. The van der Waals surface area contributed by atoms with Crippen molar-refractivity contribution in [2.45, 2.75) is 12.6 Å². The third-order valence-corrected chi connectivity index (χ3v) is 5.89. The molecule has 1 saturated heterocycles. The van der Waals surface area contributed by atoms with Gasteiger partial charge in [-0.25, -0.2) is 0 Å². The van der Waals surface area contributed by atoms with Crippen molar-refractivity contribution in [1.29, 1.82) is 0 Å². The predicted molar refractivity (Wildman–Crippen MR) is 118 cm³/mol. The lowest BCUT2D eigenvalue weighted by Gasteiger charge is -2.36. The molecule has 0 aromatic heterocycles. The van der Waals surface area contributed by atoms with Crippen molar-refractivity contribution in [1.82, 2.24) is 10.2 Å². The highest BCUT2D eigenvalue weighted by Gasteiger charge is 2.27. The van der Waals surface area contributed by atoms with Gasteiger partial charge in [-0.05, 0) is 23.3 Å². The number of nitrogens with zero attached hydrogens (tertiary/aromatic N) is 1. The topological polar surface area (TPSA) is 24.5 Å². The van der Waals surface area contributed by atoms with Crippen LogP contribution in [0, 0.1) is 0 Å². The second-order valence-electron chi connectivity index (χ2n) is 7.02. The summed E-state index contributed by atoms with van der Waals surface area (Å²) in [6.45, 7) is 4.61. The van der Waals surface area contributed by atoms with Crippen molar-refractivity contribution in [2.75, 3.05) is 26.2 Å². The van der Waals surface area contributed by atoms with Crippen molar-refractivity contribution in [2.24, 2.45) is 0 Å². The standard InChI is InChI=1S/C24H25BrN2O/c25-22-12-6-4-10-20(22)24(27-16-14-26-15-17-27)21-11-5-7-13-23(21)28-18-19-8-2-1-3-9-19/h1-13,24,26H,14-18H2. The maximum atomic E-state index is 6.30. The summed E-state index contributed by atoms with van der Waals surface area (Å²) in [7, 11) is 0. The quantitative estimate of drug-likeness (QED) is 0.586. The molecular weight excluding hydrogens is 412 g/mol. The first-order chi connectivity index (χ1) is 13.8. The van der Waals surface area contributed by atoms with E-state index < -0.39 is 0 Å². The van der Waals surface area contributed by atoms with E-state index in [0.29, 0.717) is 6.61 Å². The van der Waals surface area contributed by atoms with Crippen LogP contribution in [-0.4, -0.2) is 31.1 Å². The van der Waals surface area contributed by atoms with Crippen LogP contribution in [0.3, 0.4) is 0 Å². The van der Waals surface area contributed by atoms with Crippen LogP contribution in [0.25, 0.3) is 0 Å². The highest BCUT2D eigenvalue weighted by Crippen LogP contribution is 2.38. The van der Waals surface area contributed by atoms with E-state index >= 15 is 0 Å². The molecule has 0 amide bonds. The van der Waals surface area contributed by atoms with E-state index in [9.17, 15) is 0 Å². The molecule has 3 aromatic rings. The van der Waals surface area contributed by atoms with Gasteiger partial charge in [-0.2, -0.15) is 0 Å². The van der Waals surface area contributed by atoms with Gasteiger partial charge in [-0.1, -0.05) is 82.7 Å². The van der Waals surface area contributed by atoms with Crippen LogP contribution in [0.2, 0.25) is 0 Å². The average molecular weight is 437 g/mol. The van der Waals surface area contributed by atoms with Crippen LogP contribution in [0.15, 0.2) is 83.3 Å². The van der Waals surface area contributed by atoms with Crippen LogP contribution < -0.4 is 10.1 Å². The Bertz CT molecular complexity index is 894. The molecule has 0 radical (unpaired) electrons. The Hall–Kier alpha value is -2.14. The lowest BCUT2D eigenvalue weighted by molar-refractivity contribution is 0.192. The van der Waals surface area contributed by atoms with Crippen molar-refractivity contribution in [3.8, 4) is 5.75 Å². The third kappa shape index (κ3) is 4.46. The second-order valence-corrected chi connectivity index (χ2v) is 7.88. The maximum absolute atomic E-state index is 6.30. The van der Waals surface area contributed by atoms with E-state index in [0.717, 1.165) is 36.4 Å². The van der Waals surface area contributed by atoms with Crippen molar-refractivity contribution in [3.05, 3.63) is 100 Å². The van der Waals surface area contributed by atoms with E-state index in [1.807, 2.05) is 6.07 Å². The van der Waals surface area contributed by atoms with Gasteiger partial charge < -0.3 is 10.1 Å². The third-order valence-electron chi connectivity index (χ3n) is 5.17. The summed E-state index contributed by atoms with van der Waals surface area (Å²) in [6, 6.07) is 27.5. The molecule has 0 saturated carbocycles. The minimum Gasteiger partial charge on any atom is -0.489 e. The molecule has 4 rings (SSSR count). The Morgan fingerprint density at radius 2 is 1.46 bits per heavy atom. The summed E-state index contributed by atoms with van der Waals surface area (Å²) in [5.41, 5.74) is 3.67. The van der Waals surface area contributed by atoms with E-state index in [2.05, 4.69) is 98.9 Å². The average Bonchev–Trinajstić information content (AvgIpc) is 2.76. The maximum Gasteiger partial charge on any atom is 0.124 e. The molecule has 1 heterocycles. The first kappa shape index (κ1) is 19.2. The van der Waals surface area contributed by atoms with E-state index in [1.54, 1.807) is 0 Å². The number of hydrogen-bond acceptors (Lipinski definition) is 3. The van der Waals surface area contributed by atoms with Gasteiger partial charge in [0.05, 0.1) is 6.04 Å². The molecular formula is C24H25BrN2O. The molecule has 4 heteroatoms. The smallest absolute Gasteiger partial charge is 0.124 e. The minimum absolute atomic E-state index is 0.157. The molecule has 1 aliphatic heterocycles. The molecule has 1 unspecified atom stereocenters. The summed E-state index contributed by atoms with van der Waals surface area (Å²) < 4.78 is 7.43. The first-order valence-electron chi connectivity index (χ1n) is 9.78. The first-order valence-corrected chi connectivity index (χ1v) is 10.6. The molecule has 1 fully saturated rings. The Morgan fingerprint density at radius 3 is 2.21 bits per heavy atom. The van der Waals surface area contributed by atoms with Gasteiger partial charge in [0.15, 0.2) is 0 Å². The van der Waals surface area contributed by atoms with Gasteiger partial charge in [0.25, 0.3) is 0 Å². The molecule has 144 valence electrons. The largest absolute Gasteiger partial charge is 0.489 e. The normalized spacial score (nSPS) is 15.9. The van der Waals surface area contributed by atoms with Crippen LogP contribution >= 0.6 is 15.9 Å². The van der Waals surface area contributed by atoms with Gasteiger partial charge in [-0.3, -0.25) is 4.90 Å². The lowest BCUT2D eigenvalue weighted by atomic mass is 9.95. The summed E-state index contributed by atoms with van der Waals surface area (Å²) in [6.07, 6.45) is 0. The highest BCUT2D eigenvalue weighted by atomic mass is 79.9. The van der Waals surface area contributed by atoms with E-state index in [4.69, 9.17) is 4.74 Å². The molecule has 1 aliphatic rings. The van der Waals surface area contributed by atoms with Crippen LogP contribution in [0.1, 0.15) is 22.7 Å². The zero-order chi connectivity index (χ0) is 19.2. The van der Waals surface area contributed by atoms with Gasteiger partial charge in [0.1, 0.15) is 12.4 Å². The zero-order valence-electron chi connectivity index (χ0n) is 15.9. The molecule has 1 N–H and O–H groups in total. The molecule has 3 nitrogen and oxygen atoms in total. The van der Waals surface area contributed by atoms with Gasteiger partial charge in [-0.15, -0.1) is 0 Å². The number of rotatable bonds is 6. The lowest BCUT2D eigenvalue weighted by Crippen LogP contribution is -2.45. The number of ether oxygens (including phenoxy) is 1. The Morgan fingerprint density at radius 1 is 0.821 bits per heavy atom. The Labute approximate surface area is 175 Å². The fourth-order valence-electron chi connectivity index (χ4n) is 3.77. The second kappa shape index (κ2) is 9.37. The number of nitrogens with one attached hydrogen (secondary N) is 1. The number of para-hydroxylation sites is 1. The molecule has 28 heavy (non-hydrogen) atoms. The Kier molecular flexibility index (Phi) is 6.42. The summed E-state index contributed by atoms with van der Waals surface area (Å²) in [5.74, 6) is 0.950. The van der Waals surface area contributed by atoms with Crippen molar-refractivity contribution in [3.63, 3.8) is 0 Å². The molecule has 0 spiro atoms. The van der Waals surface area contributed by atoms with Gasteiger partial charge in [0, 0.05) is 36.2 Å². The molecule has 1 atom stereocenters. The summed E-state index contributed by atoms with van der Waals surface area (Å²) >= 11 is 3.78. The van der Waals surface area contributed by atoms with Gasteiger partial charge >= 0.3 is 0 Å². The Balaban J connectivity index is 1.69. The fourth-order valence-corrected chi connectivity index (χ4v) is 4.27. The van der Waals surface area contributed by atoms with Crippen LogP contribution in [-0.2, 0) is 6.61 Å². The minimum atomic E-state index is 0.157. The summed E-state index contributed by atoms with van der Waals surface area (Å²) in [5, 5.41) is 3.46. The fraction of sp³-hybridized carbons (Fsp3) is 0.250. The van der Waals surface area contributed by atoms with Crippen molar-refractivity contribution < 1.29 is 4.74 Å². The van der Waals surface area contributed by atoms with Crippen LogP contribution in [0.5, 0.6) is 5.75 Å². The highest BCUT2D eigenvalue weighted by molar-refractivity contribution is 9.10. The van der Waals surface area contributed by atoms with Crippen LogP contribution in [0.4, 0.5) is 0 Å². The number of benzene rings is 3. The van der Waals surface area contributed by atoms with Crippen molar-refractivity contribution >= 4 is 15.9 Å². The molecule has 0 bridgehead atoms. The van der Waals surface area contributed by atoms with E-state index in [-0.39, 0.29) is 6.04 Å². The van der Waals surface area contributed by atoms with Gasteiger partial charge in [0.2, 0.25) is 0 Å². The molecule has 3 aromatic carbocycles. The number of hydrogen-bond donors (Lipinski definition) is 1. The van der Waals surface area contributed by atoms with E-state index in [1.165, 1.54) is 16.7 Å². The zero-order valence-corrected chi connectivity index (χ0v) is 17.4.